The first-order valence-corrected chi connectivity index (χ1v) is 16.0. The van der Waals surface area contributed by atoms with Crippen molar-refractivity contribution in [3.8, 4) is 27.7 Å². The number of hydrogen-bond donors (Lipinski definition) is 2. The van der Waals surface area contributed by atoms with E-state index >= 15 is 0 Å². The number of aromatic nitrogens is 2. The van der Waals surface area contributed by atoms with Gasteiger partial charge in [-0.05, 0) is 59.8 Å². The summed E-state index contributed by atoms with van der Waals surface area (Å²) in [5, 5.41) is 3.05. The van der Waals surface area contributed by atoms with E-state index in [-0.39, 0.29) is 12.6 Å². The van der Waals surface area contributed by atoms with E-state index in [0.717, 1.165) is 51.9 Å². The molecule has 0 bridgehead atoms. The average Bonchev–Trinajstić information content (AvgIpc) is 3.72. The van der Waals surface area contributed by atoms with Crippen LogP contribution in [0.15, 0.2) is 60.0 Å². The Bertz CT molecular complexity index is 1540. The van der Waals surface area contributed by atoms with E-state index in [1.54, 1.807) is 31.6 Å². The van der Waals surface area contributed by atoms with Gasteiger partial charge < -0.3 is 9.72 Å². The van der Waals surface area contributed by atoms with E-state index in [4.69, 9.17) is 32.9 Å². The first kappa shape index (κ1) is 29.1. The number of hydrogen-bond acceptors (Lipinski definition) is 6. The quantitative estimate of drug-likeness (QED) is 0.225. The number of nitrogens with one attached hydrogen (secondary N) is 2. The van der Waals surface area contributed by atoms with Crippen LogP contribution in [0, 0.1) is 0 Å². The smallest absolute Gasteiger partial charge is 0.279 e. The van der Waals surface area contributed by atoms with Crippen molar-refractivity contribution < 1.29 is 13.2 Å². The third-order valence-corrected chi connectivity index (χ3v) is 10.3. The summed E-state index contributed by atoms with van der Waals surface area (Å²) in [5.41, 5.74) is 3.65. The van der Waals surface area contributed by atoms with Gasteiger partial charge in [0.15, 0.2) is 0 Å². The fourth-order valence-electron chi connectivity index (χ4n) is 4.86. The van der Waals surface area contributed by atoms with Gasteiger partial charge in [0.1, 0.15) is 11.6 Å². The molecule has 0 amide bonds. The summed E-state index contributed by atoms with van der Waals surface area (Å²) >= 11 is 13.8. The maximum atomic E-state index is 13.2. The largest absolute Gasteiger partial charge is 0.497 e. The SMILES string of the molecule is COc1ccc(-c2nc(-c3cccs3)[nH]c2CCNS(=O)(=O)N(C)C2CCN(Cc3ccc(Cl)c(Cl)c3)C2)cc1. The van der Waals surface area contributed by atoms with Crippen LogP contribution in [0.5, 0.6) is 5.75 Å². The molecule has 2 aromatic carbocycles. The van der Waals surface area contributed by atoms with Crippen LogP contribution < -0.4 is 9.46 Å². The third-order valence-electron chi connectivity index (χ3n) is 7.09. The third kappa shape index (κ3) is 6.71. The molecule has 1 aliphatic rings. The van der Waals surface area contributed by atoms with Crippen molar-refractivity contribution in [2.75, 3.05) is 33.8 Å². The van der Waals surface area contributed by atoms with Crippen LogP contribution in [0.2, 0.25) is 10.0 Å². The van der Waals surface area contributed by atoms with E-state index < -0.39 is 10.2 Å². The summed E-state index contributed by atoms with van der Waals surface area (Å²) in [6, 6.07) is 17.2. The molecule has 1 aliphatic heterocycles. The summed E-state index contributed by atoms with van der Waals surface area (Å²) in [6.07, 6.45) is 1.21. The number of likely N-dealkylation sites (N-methyl/N-ethyl adjacent to an activating group) is 1. The molecule has 2 aromatic heterocycles. The average molecular weight is 621 g/mol. The van der Waals surface area contributed by atoms with Crippen molar-refractivity contribution in [2.24, 2.45) is 0 Å². The van der Waals surface area contributed by atoms with Crippen molar-refractivity contribution in [1.29, 1.82) is 0 Å². The first-order chi connectivity index (χ1) is 19.2. The number of methoxy groups -OCH3 is 1. The lowest BCUT2D eigenvalue weighted by atomic mass is 10.1. The zero-order valence-electron chi connectivity index (χ0n) is 22.2. The number of aromatic amines is 1. The predicted octanol–water partition coefficient (Wildman–Crippen LogP) is 5.70. The minimum atomic E-state index is -3.68. The van der Waals surface area contributed by atoms with E-state index in [9.17, 15) is 8.42 Å². The number of benzene rings is 2. The first-order valence-electron chi connectivity index (χ1n) is 12.9. The summed E-state index contributed by atoms with van der Waals surface area (Å²) in [6.45, 7) is 2.37. The van der Waals surface area contributed by atoms with E-state index in [1.165, 1.54) is 4.31 Å². The predicted molar refractivity (Wildman–Crippen MR) is 162 cm³/mol. The Morgan fingerprint density at radius 1 is 1.18 bits per heavy atom. The molecule has 12 heteroatoms. The highest BCUT2D eigenvalue weighted by molar-refractivity contribution is 7.87. The zero-order chi connectivity index (χ0) is 28.3. The number of nitrogens with zero attached hydrogens (tertiary/aromatic N) is 3. The Hall–Kier alpha value is -2.44. The monoisotopic (exact) mass is 619 g/mol. The van der Waals surface area contributed by atoms with Gasteiger partial charge in [0.2, 0.25) is 0 Å². The molecule has 1 saturated heterocycles. The summed E-state index contributed by atoms with van der Waals surface area (Å²) in [5.74, 6) is 1.53. The number of ether oxygens (including phenoxy) is 1. The molecule has 0 aliphatic carbocycles. The van der Waals surface area contributed by atoms with E-state index in [2.05, 4.69) is 14.6 Å². The lowest BCUT2D eigenvalue weighted by Gasteiger charge is -2.24. The zero-order valence-corrected chi connectivity index (χ0v) is 25.4. The van der Waals surface area contributed by atoms with Gasteiger partial charge in [-0.3, -0.25) is 4.90 Å². The molecule has 0 spiro atoms. The van der Waals surface area contributed by atoms with Gasteiger partial charge in [0.25, 0.3) is 10.2 Å². The van der Waals surface area contributed by atoms with E-state index in [0.29, 0.717) is 29.6 Å². The molecule has 1 unspecified atom stereocenters. The fraction of sp³-hybridized carbons (Fsp3) is 0.321. The number of thiophene rings is 1. The molecule has 1 atom stereocenters. The Morgan fingerprint density at radius 2 is 1.98 bits per heavy atom. The van der Waals surface area contributed by atoms with Crippen LogP contribution in [0.25, 0.3) is 22.0 Å². The van der Waals surface area contributed by atoms with Crippen LogP contribution in [-0.2, 0) is 23.2 Å². The molecule has 4 aromatic rings. The van der Waals surface area contributed by atoms with Crippen LogP contribution in [0.4, 0.5) is 0 Å². The Morgan fingerprint density at radius 3 is 2.67 bits per heavy atom. The minimum absolute atomic E-state index is 0.118. The molecule has 0 radical (unpaired) electrons. The van der Waals surface area contributed by atoms with Gasteiger partial charge in [-0.1, -0.05) is 35.3 Å². The van der Waals surface area contributed by atoms with E-state index in [1.807, 2.05) is 53.9 Å². The molecule has 212 valence electrons. The molecule has 5 rings (SSSR count). The number of halogens is 2. The normalized spacial score (nSPS) is 16.2. The Balaban J connectivity index is 1.22. The second-order valence-electron chi connectivity index (χ2n) is 9.71. The van der Waals surface area contributed by atoms with Crippen molar-refractivity contribution in [2.45, 2.75) is 25.4 Å². The lowest BCUT2D eigenvalue weighted by Crippen LogP contribution is -2.45. The van der Waals surface area contributed by atoms with Gasteiger partial charge in [0.05, 0.1) is 27.7 Å². The molecule has 0 saturated carbocycles. The van der Waals surface area contributed by atoms with Crippen LogP contribution in [0.1, 0.15) is 17.7 Å². The van der Waals surface area contributed by atoms with Gasteiger partial charge in [-0.2, -0.15) is 12.7 Å². The minimum Gasteiger partial charge on any atom is -0.497 e. The molecular weight excluding hydrogens is 589 g/mol. The van der Waals surface area contributed by atoms with Gasteiger partial charge in [-0.15, -0.1) is 11.3 Å². The van der Waals surface area contributed by atoms with Crippen LogP contribution in [-0.4, -0.2) is 67.4 Å². The Labute approximate surface area is 249 Å². The Kier molecular flexibility index (Phi) is 9.16. The summed E-state index contributed by atoms with van der Waals surface area (Å²) in [7, 11) is -0.403. The van der Waals surface area contributed by atoms with Crippen molar-refractivity contribution >= 4 is 44.7 Å². The summed E-state index contributed by atoms with van der Waals surface area (Å²) < 4.78 is 35.9. The summed E-state index contributed by atoms with van der Waals surface area (Å²) in [4.78, 5) is 11.5. The highest BCUT2D eigenvalue weighted by Crippen LogP contribution is 2.30. The van der Waals surface area contributed by atoms with Crippen molar-refractivity contribution in [1.82, 2.24) is 23.9 Å². The molecule has 2 N–H and O–H groups in total. The van der Waals surface area contributed by atoms with Gasteiger partial charge >= 0.3 is 0 Å². The number of H-pyrrole nitrogens is 1. The van der Waals surface area contributed by atoms with Crippen molar-refractivity contribution in [3.63, 3.8) is 0 Å². The van der Waals surface area contributed by atoms with Crippen LogP contribution in [0.3, 0.4) is 0 Å². The number of likely N-dealkylation sites (tertiary alicyclic amines) is 1. The topological polar surface area (TPSA) is 90.6 Å². The maximum absolute atomic E-state index is 13.2. The van der Waals surface area contributed by atoms with Gasteiger partial charge in [0, 0.05) is 56.9 Å². The van der Waals surface area contributed by atoms with Gasteiger partial charge in [-0.25, -0.2) is 9.71 Å². The molecule has 40 heavy (non-hydrogen) atoms. The lowest BCUT2D eigenvalue weighted by molar-refractivity contribution is 0.297. The van der Waals surface area contributed by atoms with Crippen molar-refractivity contribution in [3.05, 3.63) is 81.3 Å². The standard InChI is InChI=1S/C28H31Cl2N5O3S2/c1-34(21-12-14-35(18-21)17-19-5-10-23(29)24(30)16-19)40(36,37)31-13-11-25-27(20-6-8-22(38-2)9-7-20)33-28(32-25)26-4-3-15-39-26/h3-10,15-16,21,31H,11-14,17-18H2,1-2H3,(H,32,33). The van der Waals surface area contributed by atoms with Crippen LogP contribution >= 0.6 is 34.5 Å². The maximum Gasteiger partial charge on any atom is 0.279 e. The highest BCUT2D eigenvalue weighted by atomic mass is 35.5. The fourth-order valence-corrected chi connectivity index (χ4v) is 6.98. The molecule has 8 nitrogen and oxygen atoms in total. The number of imidazole rings is 1. The number of rotatable bonds is 11. The molecular formula is C28H31Cl2N5O3S2. The second kappa shape index (κ2) is 12.6. The molecule has 1 fully saturated rings. The second-order valence-corrected chi connectivity index (χ2v) is 13.3. The highest BCUT2D eigenvalue weighted by Gasteiger charge is 2.32. The molecule has 3 heterocycles.